The van der Waals surface area contributed by atoms with E-state index in [1.54, 1.807) is 0 Å². The highest BCUT2D eigenvalue weighted by molar-refractivity contribution is 5.80. The molecule has 0 heterocycles. The number of ketones is 1. The highest BCUT2D eigenvalue weighted by atomic mass is 16.1. The molecule has 1 heteroatoms. The summed E-state index contributed by atoms with van der Waals surface area (Å²) in [7, 11) is 0. The molecule has 0 aromatic carbocycles. The van der Waals surface area contributed by atoms with E-state index in [0.717, 1.165) is 54.8 Å². The SMILES string of the molecule is C=C[C@@]12CC[C@H]3[C@@H]4CC[C@H]([C@H](C)CCCC(C)C)[C@@]4(C)CC[C@@H]3[C@@]1(C)CCC(=O)C2. The topological polar surface area (TPSA) is 17.1 Å². The van der Waals surface area contributed by atoms with Crippen LogP contribution >= 0.6 is 0 Å². The number of fused-ring (bicyclic) bond motifs is 5. The van der Waals surface area contributed by atoms with Crippen molar-refractivity contribution in [1.82, 2.24) is 0 Å². The summed E-state index contributed by atoms with van der Waals surface area (Å²) in [5.41, 5.74) is 0.945. The highest BCUT2D eigenvalue weighted by Crippen LogP contribution is 2.71. The van der Waals surface area contributed by atoms with Gasteiger partial charge in [-0.3, -0.25) is 4.79 Å². The van der Waals surface area contributed by atoms with Crippen LogP contribution in [0.2, 0.25) is 0 Å². The molecule has 0 radical (unpaired) electrons. The highest BCUT2D eigenvalue weighted by Gasteiger charge is 2.64. The van der Waals surface area contributed by atoms with Gasteiger partial charge in [0.2, 0.25) is 0 Å². The standard InChI is InChI=1S/C29H48O/c1-7-29-18-14-23-25-12-11-24(21(4)10-8-9-20(2)3)27(25,5)16-15-26(23)28(29,6)17-13-22(30)19-29/h7,20-21,23-26H,1,8-19H2,2-6H3/t21-,23+,24-,25+,26+,27-,28-,29+/m1/s1. The molecule has 30 heavy (non-hydrogen) atoms. The first-order chi connectivity index (χ1) is 14.2. The summed E-state index contributed by atoms with van der Waals surface area (Å²) in [6, 6.07) is 0. The van der Waals surface area contributed by atoms with Crippen molar-refractivity contribution in [3.8, 4) is 0 Å². The maximum atomic E-state index is 12.4. The second kappa shape index (κ2) is 8.08. The van der Waals surface area contributed by atoms with E-state index in [0.29, 0.717) is 16.6 Å². The minimum absolute atomic E-state index is 0.0827. The molecule has 1 nitrogen and oxygen atoms in total. The zero-order valence-corrected chi connectivity index (χ0v) is 20.6. The van der Waals surface area contributed by atoms with Crippen LogP contribution in [0.1, 0.15) is 112 Å². The average Bonchev–Trinajstić information content (AvgIpc) is 3.05. The Hall–Kier alpha value is -0.590. The molecule has 0 spiro atoms. The van der Waals surface area contributed by atoms with Gasteiger partial charge in [0.05, 0.1) is 0 Å². The third-order valence-electron chi connectivity index (χ3n) is 11.3. The number of allylic oxidation sites excluding steroid dienone is 1. The molecular formula is C29H48O. The van der Waals surface area contributed by atoms with Crippen LogP contribution in [0.15, 0.2) is 12.7 Å². The number of Topliss-reactive ketones (excluding diaryl/α,β-unsaturated/α-hetero) is 1. The van der Waals surface area contributed by atoms with E-state index in [2.05, 4.69) is 47.3 Å². The maximum absolute atomic E-state index is 12.4. The first-order valence-corrected chi connectivity index (χ1v) is 13.3. The van der Waals surface area contributed by atoms with Crippen molar-refractivity contribution >= 4 is 5.78 Å². The monoisotopic (exact) mass is 412 g/mol. The number of hydrogen-bond acceptors (Lipinski definition) is 1. The van der Waals surface area contributed by atoms with Crippen LogP contribution in [0.3, 0.4) is 0 Å². The maximum Gasteiger partial charge on any atom is 0.133 e. The van der Waals surface area contributed by atoms with Crippen molar-refractivity contribution in [1.29, 1.82) is 0 Å². The quantitative estimate of drug-likeness (QED) is 0.401. The summed E-state index contributed by atoms with van der Waals surface area (Å²) >= 11 is 0. The Balaban J connectivity index is 1.52. The Labute approximate surface area is 186 Å². The normalized spacial score (nSPS) is 46.8. The van der Waals surface area contributed by atoms with E-state index in [1.807, 2.05) is 0 Å². The fraction of sp³-hybridized carbons (Fsp3) is 0.897. The summed E-state index contributed by atoms with van der Waals surface area (Å²) in [6.45, 7) is 16.8. The fourth-order valence-electron chi connectivity index (χ4n) is 9.56. The molecule has 4 aliphatic carbocycles. The molecule has 4 aliphatic rings. The first-order valence-electron chi connectivity index (χ1n) is 13.3. The zero-order chi connectivity index (χ0) is 21.7. The van der Waals surface area contributed by atoms with Crippen LogP contribution in [0.25, 0.3) is 0 Å². The van der Waals surface area contributed by atoms with Crippen LogP contribution in [0.4, 0.5) is 0 Å². The molecule has 0 N–H and O–H groups in total. The average molecular weight is 413 g/mol. The van der Waals surface area contributed by atoms with Crippen molar-refractivity contribution < 1.29 is 4.79 Å². The molecule has 4 fully saturated rings. The number of carbonyl (C=O) groups excluding carboxylic acids is 1. The smallest absolute Gasteiger partial charge is 0.133 e. The predicted octanol–water partition coefficient (Wildman–Crippen LogP) is 8.23. The third-order valence-corrected chi connectivity index (χ3v) is 11.3. The lowest BCUT2D eigenvalue weighted by atomic mass is 9.40. The molecule has 0 amide bonds. The van der Waals surface area contributed by atoms with Gasteiger partial charge in [-0.2, -0.15) is 0 Å². The van der Waals surface area contributed by atoms with E-state index in [9.17, 15) is 4.79 Å². The summed E-state index contributed by atoms with van der Waals surface area (Å²) in [5, 5.41) is 0. The molecule has 0 aromatic heterocycles. The molecule has 4 saturated carbocycles. The van der Waals surface area contributed by atoms with E-state index in [4.69, 9.17) is 0 Å². The largest absolute Gasteiger partial charge is 0.300 e. The van der Waals surface area contributed by atoms with Gasteiger partial charge in [0.25, 0.3) is 0 Å². The molecule has 0 aromatic rings. The Kier molecular flexibility index (Phi) is 6.08. The van der Waals surface area contributed by atoms with E-state index < -0.39 is 0 Å². The molecule has 170 valence electrons. The minimum atomic E-state index is 0.0827. The van der Waals surface area contributed by atoms with Gasteiger partial charge in [-0.15, -0.1) is 6.58 Å². The molecule has 4 rings (SSSR count). The van der Waals surface area contributed by atoms with Crippen molar-refractivity contribution in [3.63, 3.8) is 0 Å². The van der Waals surface area contributed by atoms with Gasteiger partial charge in [0, 0.05) is 18.3 Å². The first kappa shape index (κ1) is 22.6. The third kappa shape index (κ3) is 3.36. The van der Waals surface area contributed by atoms with Gasteiger partial charge in [0.1, 0.15) is 5.78 Å². The molecular weight excluding hydrogens is 364 g/mol. The molecule has 0 saturated heterocycles. The van der Waals surface area contributed by atoms with Gasteiger partial charge in [-0.1, -0.05) is 60.0 Å². The second-order valence-electron chi connectivity index (χ2n) is 12.9. The zero-order valence-electron chi connectivity index (χ0n) is 20.6. The lowest BCUT2D eigenvalue weighted by molar-refractivity contribution is -0.156. The van der Waals surface area contributed by atoms with E-state index in [-0.39, 0.29) is 5.41 Å². The Bertz CT molecular complexity index is 663. The number of rotatable bonds is 6. The lowest BCUT2D eigenvalue weighted by Gasteiger charge is -2.64. The van der Waals surface area contributed by atoms with Crippen LogP contribution in [0, 0.1) is 51.8 Å². The molecule has 8 atom stereocenters. The lowest BCUT2D eigenvalue weighted by Crippen LogP contribution is -2.58. The van der Waals surface area contributed by atoms with Crippen LogP contribution in [-0.4, -0.2) is 5.78 Å². The van der Waals surface area contributed by atoms with Crippen LogP contribution < -0.4 is 0 Å². The Morgan fingerprint density at radius 3 is 2.47 bits per heavy atom. The van der Waals surface area contributed by atoms with Gasteiger partial charge in [0.15, 0.2) is 0 Å². The summed E-state index contributed by atoms with van der Waals surface area (Å²) < 4.78 is 0. The van der Waals surface area contributed by atoms with Gasteiger partial charge < -0.3 is 0 Å². The molecule has 0 unspecified atom stereocenters. The predicted molar refractivity (Wildman–Crippen MR) is 127 cm³/mol. The molecule has 0 bridgehead atoms. The minimum Gasteiger partial charge on any atom is -0.300 e. The second-order valence-corrected chi connectivity index (χ2v) is 12.9. The van der Waals surface area contributed by atoms with Crippen molar-refractivity contribution in [2.45, 2.75) is 112 Å². The summed E-state index contributed by atoms with van der Waals surface area (Å²) in [4.78, 5) is 12.4. The number of hydrogen-bond donors (Lipinski definition) is 0. The summed E-state index contributed by atoms with van der Waals surface area (Å²) in [5.74, 6) is 5.77. The Morgan fingerprint density at radius 2 is 1.77 bits per heavy atom. The van der Waals surface area contributed by atoms with E-state index >= 15 is 0 Å². The van der Waals surface area contributed by atoms with Crippen molar-refractivity contribution in [2.24, 2.45) is 51.8 Å². The number of carbonyl (C=O) groups is 1. The fourth-order valence-corrected chi connectivity index (χ4v) is 9.56. The Morgan fingerprint density at radius 1 is 1.00 bits per heavy atom. The molecule has 0 aliphatic heterocycles. The van der Waals surface area contributed by atoms with Crippen LogP contribution in [0.5, 0.6) is 0 Å². The van der Waals surface area contributed by atoms with Gasteiger partial charge >= 0.3 is 0 Å². The van der Waals surface area contributed by atoms with Crippen molar-refractivity contribution in [3.05, 3.63) is 12.7 Å². The summed E-state index contributed by atoms with van der Waals surface area (Å²) in [6.07, 6.45) is 17.5. The van der Waals surface area contributed by atoms with E-state index in [1.165, 1.54) is 57.8 Å². The van der Waals surface area contributed by atoms with Gasteiger partial charge in [-0.25, -0.2) is 0 Å². The van der Waals surface area contributed by atoms with Gasteiger partial charge in [-0.05, 0) is 91.3 Å². The van der Waals surface area contributed by atoms with Crippen LogP contribution in [-0.2, 0) is 4.79 Å². The van der Waals surface area contributed by atoms with Crippen molar-refractivity contribution in [2.75, 3.05) is 0 Å².